The van der Waals surface area contributed by atoms with Crippen LogP contribution in [0, 0.1) is 10.1 Å². The molecule has 3 rings (SSSR count). The molecule has 0 atom stereocenters. The number of nitrogens with zero attached hydrogens (tertiary/aromatic N) is 2. The molecule has 0 aliphatic heterocycles. The molecule has 2 aromatic rings. The Bertz CT molecular complexity index is 1010. The highest BCUT2D eigenvalue weighted by Gasteiger charge is 2.26. The molecule has 0 unspecified atom stereocenters. The number of hydrogen-bond donors (Lipinski definition) is 1. The molecule has 1 aliphatic rings. The molecule has 1 heterocycles. The van der Waals surface area contributed by atoms with Gasteiger partial charge in [0, 0.05) is 29.8 Å². The highest BCUT2D eigenvalue weighted by atomic mass is 32.2. The van der Waals surface area contributed by atoms with Gasteiger partial charge < -0.3 is 9.30 Å². The largest absolute Gasteiger partial charge is 0.468 e. The van der Waals surface area contributed by atoms with Crippen molar-refractivity contribution in [3.8, 4) is 0 Å². The quantitative estimate of drug-likeness (QED) is 0.433. The van der Waals surface area contributed by atoms with Crippen molar-refractivity contribution in [1.29, 1.82) is 0 Å². The first kappa shape index (κ1) is 21.3. The predicted octanol–water partition coefficient (Wildman–Crippen LogP) is 3.11. The molecule has 1 N–H and O–H groups in total. The second kappa shape index (κ2) is 8.91. The van der Waals surface area contributed by atoms with E-state index < -0.39 is 20.9 Å². The average molecular weight is 423 g/mol. The van der Waals surface area contributed by atoms with E-state index in [1.165, 1.54) is 42.5 Å². The third-order valence-electron chi connectivity index (χ3n) is 5.28. The van der Waals surface area contributed by atoms with Gasteiger partial charge in [-0.05, 0) is 18.9 Å². The molecule has 1 aromatic carbocycles. The third-order valence-corrected chi connectivity index (χ3v) is 6.83. The first-order valence-electron chi connectivity index (χ1n) is 9.68. The van der Waals surface area contributed by atoms with Gasteiger partial charge in [0.15, 0.2) is 0 Å². The van der Waals surface area contributed by atoms with E-state index in [0.29, 0.717) is 5.52 Å². The van der Waals surface area contributed by atoms with Gasteiger partial charge in [0.25, 0.3) is 5.69 Å². The summed E-state index contributed by atoms with van der Waals surface area (Å²) in [6, 6.07) is 3.80. The van der Waals surface area contributed by atoms with Gasteiger partial charge in [-0.15, -0.1) is 0 Å². The molecule has 158 valence electrons. The number of nitro groups is 1. The van der Waals surface area contributed by atoms with E-state index in [1.54, 1.807) is 0 Å². The number of aromatic nitrogens is 1. The van der Waals surface area contributed by atoms with E-state index in [2.05, 4.69) is 9.46 Å². The van der Waals surface area contributed by atoms with Crippen LogP contribution in [0.25, 0.3) is 10.9 Å². The lowest BCUT2D eigenvalue weighted by Crippen LogP contribution is -2.35. The number of nitrogens with one attached hydrogen (secondary N) is 1. The number of benzene rings is 1. The molecule has 0 radical (unpaired) electrons. The van der Waals surface area contributed by atoms with E-state index >= 15 is 0 Å². The van der Waals surface area contributed by atoms with Gasteiger partial charge in [0.05, 0.1) is 17.5 Å². The molecule has 1 saturated carbocycles. The van der Waals surface area contributed by atoms with Crippen LogP contribution >= 0.6 is 0 Å². The molecule has 9 nitrogen and oxygen atoms in total. The Balaban J connectivity index is 2.01. The maximum Gasteiger partial charge on any atom is 0.325 e. The second-order valence-corrected chi connectivity index (χ2v) is 9.00. The predicted molar refractivity (Wildman–Crippen MR) is 107 cm³/mol. The van der Waals surface area contributed by atoms with Crippen molar-refractivity contribution < 1.29 is 22.9 Å². The summed E-state index contributed by atoms with van der Waals surface area (Å²) in [6.07, 6.45) is 8.14. The molecule has 0 spiro atoms. The molecule has 1 fully saturated rings. The molecular weight excluding hydrogens is 398 g/mol. The Morgan fingerprint density at radius 2 is 1.90 bits per heavy atom. The van der Waals surface area contributed by atoms with Crippen molar-refractivity contribution in [3.05, 3.63) is 34.5 Å². The van der Waals surface area contributed by atoms with E-state index in [-0.39, 0.29) is 28.6 Å². The molecule has 1 aromatic heterocycles. The summed E-state index contributed by atoms with van der Waals surface area (Å²) in [5.41, 5.74) is 0.203. The zero-order valence-corrected chi connectivity index (χ0v) is 17.1. The summed E-state index contributed by atoms with van der Waals surface area (Å²) in [7, 11) is -2.68. The fraction of sp³-hybridized carbons (Fsp3) is 0.526. The summed E-state index contributed by atoms with van der Waals surface area (Å²) < 4.78 is 35.2. The van der Waals surface area contributed by atoms with Gasteiger partial charge in [-0.3, -0.25) is 14.9 Å². The second-order valence-electron chi connectivity index (χ2n) is 7.32. The number of ether oxygens (including phenoxy) is 1. The number of carbonyl (C=O) groups excluding carboxylic acids is 1. The monoisotopic (exact) mass is 423 g/mol. The summed E-state index contributed by atoms with van der Waals surface area (Å²) in [4.78, 5) is 22.3. The first-order valence-corrected chi connectivity index (χ1v) is 11.2. The van der Waals surface area contributed by atoms with Gasteiger partial charge in [0.2, 0.25) is 10.0 Å². The lowest BCUT2D eigenvalue weighted by atomic mass is 9.97. The molecular formula is C19H25N3O6S. The van der Waals surface area contributed by atoms with Gasteiger partial charge in [-0.2, -0.15) is 0 Å². The Labute approximate surface area is 169 Å². The molecule has 10 heteroatoms. The first-order chi connectivity index (χ1) is 13.8. The van der Waals surface area contributed by atoms with Gasteiger partial charge >= 0.3 is 5.97 Å². The summed E-state index contributed by atoms with van der Waals surface area (Å²) >= 11 is 0. The number of hydrogen-bond acceptors (Lipinski definition) is 6. The molecule has 0 amide bonds. The Morgan fingerprint density at radius 1 is 1.24 bits per heavy atom. The number of methoxy groups -OCH3 is 1. The lowest BCUT2D eigenvalue weighted by molar-refractivity contribution is -0.384. The summed E-state index contributed by atoms with van der Waals surface area (Å²) in [5.74, 6) is -0.544. The minimum Gasteiger partial charge on any atom is -0.468 e. The highest BCUT2D eigenvalue weighted by Crippen LogP contribution is 2.30. The number of sulfonamides is 1. The maximum absolute atomic E-state index is 13.2. The van der Waals surface area contributed by atoms with Crippen molar-refractivity contribution in [2.24, 2.45) is 0 Å². The van der Waals surface area contributed by atoms with E-state index in [0.717, 1.165) is 38.5 Å². The van der Waals surface area contributed by atoms with Crippen LogP contribution in [0.3, 0.4) is 0 Å². The topological polar surface area (TPSA) is 121 Å². The highest BCUT2D eigenvalue weighted by molar-refractivity contribution is 7.89. The van der Waals surface area contributed by atoms with Crippen LogP contribution in [-0.2, 0) is 26.1 Å². The fourth-order valence-electron chi connectivity index (χ4n) is 3.77. The average Bonchev–Trinajstić information content (AvgIpc) is 3.02. The number of non-ortho nitro benzene ring substituents is 1. The van der Waals surface area contributed by atoms with Gasteiger partial charge in [-0.1, -0.05) is 32.1 Å². The normalized spacial score (nSPS) is 16.3. The van der Waals surface area contributed by atoms with Gasteiger partial charge in [0.1, 0.15) is 11.4 Å². The number of carbonyl (C=O) groups is 1. The van der Waals surface area contributed by atoms with Crippen LogP contribution in [0.2, 0.25) is 0 Å². The van der Waals surface area contributed by atoms with Crippen LogP contribution in [0.1, 0.15) is 44.9 Å². The SMILES string of the molecule is COC(=O)Cn1cc(S(=O)(=O)NC2CCCCCCC2)c2cc([N+](=O)[O-])ccc21. The summed E-state index contributed by atoms with van der Waals surface area (Å²) in [6.45, 7) is -0.191. The third kappa shape index (κ3) is 4.94. The van der Waals surface area contributed by atoms with Crippen molar-refractivity contribution in [3.63, 3.8) is 0 Å². The van der Waals surface area contributed by atoms with E-state index in [4.69, 9.17) is 0 Å². The number of fused-ring (bicyclic) bond motifs is 1. The van der Waals surface area contributed by atoms with Crippen molar-refractivity contribution in [2.75, 3.05) is 7.11 Å². The number of rotatable bonds is 6. The Hall–Kier alpha value is -2.46. The zero-order chi connectivity index (χ0) is 21.0. The maximum atomic E-state index is 13.2. The summed E-state index contributed by atoms with van der Waals surface area (Å²) in [5, 5.41) is 11.4. The number of esters is 1. The van der Waals surface area contributed by atoms with Gasteiger partial charge in [-0.25, -0.2) is 13.1 Å². The lowest BCUT2D eigenvalue weighted by Gasteiger charge is -2.20. The van der Waals surface area contributed by atoms with E-state index in [9.17, 15) is 23.3 Å². The fourth-order valence-corrected chi connectivity index (χ4v) is 5.29. The molecule has 29 heavy (non-hydrogen) atoms. The zero-order valence-electron chi connectivity index (χ0n) is 16.3. The smallest absolute Gasteiger partial charge is 0.325 e. The standard InChI is InChI=1S/C19H25N3O6S/c1-28-19(23)13-21-12-18(16-11-15(22(24)25)9-10-17(16)21)29(26,27)20-14-7-5-3-2-4-6-8-14/h9-12,14,20H,2-8,13H2,1H3. The van der Waals surface area contributed by atoms with Crippen molar-refractivity contribution in [2.45, 2.75) is 62.4 Å². The van der Waals surface area contributed by atoms with E-state index in [1.807, 2.05) is 0 Å². The van der Waals surface area contributed by atoms with Crippen LogP contribution in [0.15, 0.2) is 29.3 Å². The molecule has 0 bridgehead atoms. The minimum atomic E-state index is -3.92. The Morgan fingerprint density at radius 3 is 2.52 bits per heavy atom. The van der Waals surface area contributed by atoms with Crippen molar-refractivity contribution >= 4 is 32.6 Å². The van der Waals surface area contributed by atoms with Crippen LogP contribution in [0.4, 0.5) is 5.69 Å². The minimum absolute atomic E-state index is 0.0674. The van der Waals surface area contributed by atoms with Crippen LogP contribution < -0.4 is 4.72 Å². The number of nitro benzene ring substituents is 1. The molecule has 0 saturated heterocycles. The molecule has 1 aliphatic carbocycles. The van der Waals surface area contributed by atoms with Crippen LogP contribution in [0.5, 0.6) is 0 Å². The van der Waals surface area contributed by atoms with Crippen LogP contribution in [-0.4, -0.2) is 37.0 Å². The van der Waals surface area contributed by atoms with Crippen molar-refractivity contribution in [1.82, 2.24) is 9.29 Å². The Kier molecular flexibility index (Phi) is 6.53.